The molecule has 4 N–H and O–H groups in total. The van der Waals surface area contributed by atoms with Crippen molar-refractivity contribution in [3.63, 3.8) is 0 Å². The van der Waals surface area contributed by atoms with Crippen LogP contribution in [0.3, 0.4) is 0 Å². The molecular weight excluding hydrogens is 278 g/mol. The van der Waals surface area contributed by atoms with E-state index < -0.39 is 0 Å². The van der Waals surface area contributed by atoms with Crippen LogP contribution in [0.1, 0.15) is 5.56 Å². The van der Waals surface area contributed by atoms with Gasteiger partial charge < -0.3 is 10.8 Å². The third kappa shape index (κ3) is 2.71. The van der Waals surface area contributed by atoms with Gasteiger partial charge in [0.05, 0.1) is 5.69 Å². The molecule has 0 unspecified atom stereocenters. The maximum Gasteiger partial charge on any atom is 0.273 e. The molecule has 20 heavy (non-hydrogen) atoms. The average Bonchev–Trinajstić information content (AvgIpc) is 3.01. The van der Waals surface area contributed by atoms with Crippen LogP contribution in [0, 0.1) is 0 Å². The van der Waals surface area contributed by atoms with Gasteiger partial charge in [0.1, 0.15) is 18.4 Å². The molecule has 2 heterocycles. The van der Waals surface area contributed by atoms with Crippen LogP contribution in [0.4, 0.5) is 0 Å². The van der Waals surface area contributed by atoms with E-state index in [1.54, 1.807) is 17.1 Å². The Labute approximate surface area is 119 Å². The molecule has 1 aliphatic heterocycles. The summed E-state index contributed by atoms with van der Waals surface area (Å²) in [5, 5.41) is 9.68. The number of amides is 1. The van der Waals surface area contributed by atoms with E-state index in [1.807, 2.05) is 24.3 Å². The normalized spacial score (nSPS) is 15.7. The average molecular weight is 289 g/mol. The Balaban J connectivity index is 0.00000147. The summed E-state index contributed by atoms with van der Waals surface area (Å²) in [6.07, 6.45) is 4.83. The van der Waals surface area contributed by atoms with E-state index in [-0.39, 0.29) is 11.4 Å². The van der Waals surface area contributed by atoms with Gasteiger partial charge in [0.15, 0.2) is 5.11 Å². The van der Waals surface area contributed by atoms with Crippen LogP contribution in [0.5, 0.6) is 0 Å². The van der Waals surface area contributed by atoms with Crippen LogP contribution in [0.15, 0.2) is 42.6 Å². The summed E-state index contributed by atoms with van der Waals surface area (Å²) in [6, 6.07) is 7.57. The molecule has 1 fully saturated rings. The van der Waals surface area contributed by atoms with Gasteiger partial charge in [0, 0.05) is 0 Å². The fraction of sp³-hybridized carbons (Fsp3) is 0. The minimum absolute atomic E-state index is 0. The first-order valence-electron chi connectivity index (χ1n) is 5.51. The number of hydrogen-bond donors (Lipinski definition) is 2. The number of aromatic nitrogens is 3. The molecule has 1 aromatic carbocycles. The van der Waals surface area contributed by atoms with Crippen molar-refractivity contribution in [3.05, 3.63) is 48.2 Å². The van der Waals surface area contributed by atoms with Gasteiger partial charge in [-0.05, 0) is 36.0 Å². The van der Waals surface area contributed by atoms with Crippen molar-refractivity contribution in [2.75, 3.05) is 0 Å². The van der Waals surface area contributed by atoms with Crippen LogP contribution in [0.2, 0.25) is 0 Å². The molecule has 0 atom stereocenters. The molecular formula is C12H11N5O2S. The van der Waals surface area contributed by atoms with Gasteiger partial charge in [0.25, 0.3) is 5.91 Å². The molecule has 7 nitrogen and oxygen atoms in total. The lowest BCUT2D eigenvalue weighted by Gasteiger charge is -2.01. The topological polar surface area (TPSA) is 103 Å². The Morgan fingerprint density at radius 3 is 2.50 bits per heavy atom. The second kappa shape index (κ2) is 5.59. The summed E-state index contributed by atoms with van der Waals surface area (Å²) in [5.74, 6) is -0.217. The Hall–Kier alpha value is -2.58. The van der Waals surface area contributed by atoms with Gasteiger partial charge in [-0.1, -0.05) is 12.1 Å². The van der Waals surface area contributed by atoms with Gasteiger partial charge in [0.2, 0.25) is 0 Å². The summed E-state index contributed by atoms with van der Waals surface area (Å²) in [5.41, 5.74) is 2.24. The fourth-order valence-corrected chi connectivity index (χ4v) is 1.92. The molecule has 0 saturated carbocycles. The van der Waals surface area contributed by atoms with Gasteiger partial charge in [-0.2, -0.15) is 5.10 Å². The van der Waals surface area contributed by atoms with Crippen molar-refractivity contribution in [2.24, 2.45) is 0 Å². The van der Waals surface area contributed by atoms with Crippen molar-refractivity contribution in [2.45, 2.75) is 0 Å². The number of carbonyl (C=O) groups is 1. The molecule has 102 valence electrons. The molecule has 1 saturated heterocycles. The molecule has 0 radical (unpaired) electrons. The first kappa shape index (κ1) is 13.8. The largest absolute Gasteiger partial charge is 0.412 e. The van der Waals surface area contributed by atoms with E-state index in [0.29, 0.717) is 10.8 Å². The van der Waals surface area contributed by atoms with E-state index in [9.17, 15) is 4.79 Å². The van der Waals surface area contributed by atoms with Crippen LogP contribution in [0.25, 0.3) is 11.8 Å². The van der Waals surface area contributed by atoms with E-state index in [4.69, 9.17) is 12.2 Å². The molecule has 0 aliphatic carbocycles. The molecule has 2 aromatic rings. The van der Waals surface area contributed by atoms with Gasteiger partial charge in [-0.3, -0.25) is 10.1 Å². The highest BCUT2D eigenvalue weighted by Gasteiger charge is 2.19. The minimum Gasteiger partial charge on any atom is -0.412 e. The van der Waals surface area contributed by atoms with E-state index >= 15 is 0 Å². The first-order valence-corrected chi connectivity index (χ1v) is 5.92. The van der Waals surface area contributed by atoms with Crippen LogP contribution in [-0.4, -0.2) is 31.3 Å². The summed E-state index contributed by atoms with van der Waals surface area (Å²) >= 11 is 4.86. The van der Waals surface area contributed by atoms with E-state index in [0.717, 1.165) is 11.3 Å². The zero-order chi connectivity index (χ0) is 13.2. The van der Waals surface area contributed by atoms with E-state index in [2.05, 4.69) is 20.7 Å². The Kier molecular flexibility index (Phi) is 3.87. The SMILES string of the molecule is O.O=C1NC(=S)NC1=Cc1ccc(-n2cncn2)cc1. The number of benzene rings is 1. The Morgan fingerprint density at radius 2 is 1.95 bits per heavy atom. The van der Waals surface area contributed by atoms with Crippen molar-refractivity contribution < 1.29 is 10.3 Å². The van der Waals surface area contributed by atoms with Crippen molar-refractivity contribution >= 4 is 29.3 Å². The predicted octanol–water partition coefficient (Wildman–Crippen LogP) is -0.212. The molecule has 8 heteroatoms. The van der Waals surface area contributed by atoms with E-state index in [1.165, 1.54) is 6.33 Å². The van der Waals surface area contributed by atoms with Crippen molar-refractivity contribution in [3.8, 4) is 5.69 Å². The first-order chi connectivity index (χ1) is 9.22. The summed E-state index contributed by atoms with van der Waals surface area (Å²) in [6.45, 7) is 0. The minimum atomic E-state index is -0.217. The number of thiocarbonyl (C=S) groups is 1. The van der Waals surface area contributed by atoms with Crippen LogP contribution in [-0.2, 0) is 4.79 Å². The molecule has 1 aromatic heterocycles. The molecule has 3 rings (SSSR count). The number of rotatable bonds is 2. The van der Waals surface area contributed by atoms with Gasteiger partial charge >= 0.3 is 0 Å². The highest BCUT2D eigenvalue weighted by Crippen LogP contribution is 2.12. The zero-order valence-electron chi connectivity index (χ0n) is 10.2. The predicted molar refractivity (Wildman–Crippen MR) is 76.8 cm³/mol. The quantitative estimate of drug-likeness (QED) is 0.588. The van der Waals surface area contributed by atoms with Gasteiger partial charge in [-0.15, -0.1) is 0 Å². The second-order valence-electron chi connectivity index (χ2n) is 3.90. The highest BCUT2D eigenvalue weighted by molar-refractivity contribution is 7.80. The second-order valence-corrected chi connectivity index (χ2v) is 4.31. The van der Waals surface area contributed by atoms with Gasteiger partial charge in [-0.25, -0.2) is 9.67 Å². The molecule has 1 aliphatic rings. The Bertz CT molecular complexity index is 664. The number of carbonyl (C=O) groups excluding carboxylic acids is 1. The summed E-state index contributed by atoms with van der Waals surface area (Å²) in [4.78, 5) is 15.4. The third-order valence-electron chi connectivity index (χ3n) is 2.61. The van der Waals surface area contributed by atoms with Crippen molar-refractivity contribution in [1.29, 1.82) is 0 Å². The number of hydrogen-bond acceptors (Lipinski definition) is 4. The monoisotopic (exact) mass is 289 g/mol. The lowest BCUT2D eigenvalue weighted by atomic mass is 10.1. The van der Waals surface area contributed by atoms with Crippen molar-refractivity contribution in [1.82, 2.24) is 25.4 Å². The standard InChI is InChI=1S/C12H9N5OS.H2O/c18-11-10(15-12(19)16-11)5-8-1-3-9(4-2-8)17-7-13-6-14-17;/h1-7H,(H2,15,16,18,19);1H2. The summed E-state index contributed by atoms with van der Waals surface area (Å²) in [7, 11) is 0. The maximum atomic E-state index is 11.5. The lowest BCUT2D eigenvalue weighted by Crippen LogP contribution is -2.21. The smallest absolute Gasteiger partial charge is 0.273 e. The van der Waals surface area contributed by atoms with Crippen LogP contribution >= 0.6 is 12.2 Å². The highest BCUT2D eigenvalue weighted by atomic mass is 32.1. The molecule has 0 spiro atoms. The summed E-state index contributed by atoms with van der Waals surface area (Å²) < 4.78 is 1.66. The molecule has 0 bridgehead atoms. The Morgan fingerprint density at radius 1 is 1.20 bits per heavy atom. The third-order valence-corrected chi connectivity index (χ3v) is 2.81. The van der Waals surface area contributed by atoms with Crippen LogP contribution < -0.4 is 10.6 Å². The fourth-order valence-electron chi connectivity index (χ4n) is 1.71. The zero-order valence-corrected chi connectivity index (χ0v) is 11.0. The number of nitrogens with one attached hydrogen (secondary N) is 2. The molecule has 1 amide bonds. The maximum absolute atomic E-state index is 11.5. The lowest BCUT2D eigenvalue weighted by molar-refractivity contribution is -0.115. The number of nitrogens with zero attached hydrogens (tertiary/aromatic N) is 3.